The summed E-state index contributed by atoms with van der Waals surface area (Å²) in [6.07, 6.45) is 1.82. The predicted molar refractivity (Wildman–Crippen MR) is 77.4 cm³/mol. The number of rotatable bonds is 6. The third-order valence-electron chi connectivity index (χ3n) is 2.68. The highest BCUT2D eigenvalue weighted by Gasteiger charge is 2.08. The quantitative estimate of drug-likeness (QED) is 0.768. The van der Waals surface area contributed by atoms with Crippen molar-refractivity contribution in [2.45, 2.75) is 0 Å². The largest absolute Gasteiger partial charge is 0.383 e. The molecule has 0 radical (unpaired) electrons. The van der Waals surface area contributed by atoms with Gasteiger partial charge in [0.15, 0.2) is 0 Å². The van der Waals surface area contributed by atoms with E-state index in [2.05, 4.69) is 30.8 Å². The fourth-order valence-electron chi connectivity index (χ4n) is 1.74. The van der Waals surface area contributed by atoms with Crippen molar-refractivity contribution >= 4 is 32.8 Å². The number of halogens is 1. The Morgan fingerprint density at radius 3 is 2.72 bits per heavy atom. The maximum Gasteiger partial charge on any atom is 0.147 e. The van der Waals surface area contributed by atoms with Crippen LogP contribution < -0.4 is 4.90 Å². The van der Waals surface area contributed by atoms with Gasteiger partial charge in [-0.1, -0.05) is 28.1 Å². The smallest absolute Gasteiger partial charge is 0.147 e. The van der Waals surface area contributed by atoms with Crippen molar-refractivity contribution in [1.82, 2.24) is 9.97 Å². The van der Waals surface area contributed by atoms with E-state index in [4.69, 9.17) is 4.74 Å². The minimum Gasteiger partial charge on any atom is -0.383 e. The molecule has 2 aromatic rings. The maximum atomic E-state index is 5.12. The zero-order valence-corrected chi connectivity index (χ0v) is 11.9. The van der Waals surface area contributed by atoms with Crippen molar-refractivity contribution in [3.63, 3.8) is 0 Å². The molecule has 1 aromatic heterocycles. The number of fused-ring (bicyclic) bond motifs is 1. The maximum absolute atomic E-state index is 5.12. The van der Waals surface area contributed by atoms with E-state index in [1.807, 2.05) is 30.5 Å². The van der Waals surface area contributed by atoms with Crippen LogP contribution in [0.1, 0.15) is 0 Å². The summed E-state index contributed by atoms with van der Waals surface area (Å²) < 4.78 is 5.12. The second-order valence-corrected chi connectivity index (χ2v) is 4.68. The van der Waals surface area contributed by atoms with E-state index in [1.165, 1.54) is 0 Å². The summed E-state index contributed by atoms with van der Waals surface area (Å²) in [5.74, 6) is 0.894. The lowest BCUT2D eigenvalue weighted by Crippen LogP contribution is -2.30. The highest BCUT2D eigenvalue weighted by molar-refractivity contribution is 9.09. The molecule has 0 saturated heterocycles. The number of benzene rings is 1. The average molecular weight is 310 g/mol. The number of alkyl halides is 1. The Kier molecular flexibility index (Phi) is 4.90. The molecule has 1 heterocycles. The highest BCUT2D eigenvalue weighted by atomic mass is 79.9. The lowest BCUT2D eigenvalue weighted by molar-refractivity contribution is 0.205. The van der Waals surface area contributed by atoms with Crippen molar-refractivity contribution in [1.29, 1.82) is 0 Å². The number of ether oxygens (including phenoxy) is 1. The van der Waals surface area contributed by atoms with Crippen LogP contribution in [0.25, 0.3) is 11.0 Å². The summed E-state index contributed by atoms with van der Waals surface area (Å²) in [4.78, 5) is 11.2. The molecule has 0 atom stereocenters. The molecule has 0 N–H and O–H groups in total. The normalized spacial score (nSPS) is 10.8. The number of hydrogen-bond acceptors (Lipinski definition) is 4. The summed E-state index contributed by atoms with van der Waals surface area (Å²) in [6.45, 7) is 2.38. The van der Waals surface area contributed by atoms with E-state index in [-0.39, 0.29) is 0 Å². The number of anilines is 1. The van der Waals surface area contributed by atoms with Crippen LogP contribution in [0.15, 0.2) is 30.5 Å². The number of methoxy groups -OCH3 is 1. The molecule has 0 aliphatic rings. The van der Waals surface area contributed by atoms with Crippen LogP contribution >= 0.6 is 15.9 Å². The van der Waals surface area contributed by atoms with Gasteiger partial charge in [-0.15, -0.1) is 0 Å². The van der Waals surface area contributed by atoms with Crippen molar-refractivity contribution in [2.24, 2.45) is 0 Å². The molecule has 0 aliphatic carbocycles. The minimum absolute atomic E-state index is 0.682. The predicted octanol–water partition coefficient (Wildman–Crippen LogP) is 2.48. The summed E-state index contributed by atoms with van der Waals surface area (Å²) in [6, 6.07) is 7.90. The zero-order chi connectivity index (χ0) is 12.8. The first kappa shape index (κ1) is 13.2. The molecule has 96 valence electrons. The standard InChI is InChI=1S/C13H16BrN3O/c1-18-9-8-17(7-6-14)13-10-15-11-4-2-3-5-12(11)16-13/h2-5,10H,6-9H2,1H3. The van der Waals surface area contributed by atoms with Gasteiger partial charge >= 0.3 is 0 Å². The molecule has 1 aromatic carbocycles. The van der Waals surface area contributed by atoms with E-state index >= 15 is 0 Å². The monoisotopic (exact) mass is 309 g/mol. The van der Waals surface area contributed by atoms with Crippen LogP contribution in [0.3, 0.4) is 0 Å². The fraction of sp³-hybridized carbons (Fsp3) is 0.385. The van der Waals surface area contributed by atoms with E-state index in [9.17, 15) is 0 Å². The summed E-state index contributed by atoms with van der Waals surface area (Å²) >= 11 is 3.46. The molecule has 18 heavy (non-hydrogen) atoms. The third kappa shape index (κ3) is 3.17. The number of aromatic nitrogens is 2. The summed E-state index contributed by atoms with van der Waals surface area (Å²) in [5.41, 5.74) is 1.85. The third-order valence-corrected chi connectivity index (χ3v) is 3.03. The molecule has 4 nitrogen and oxygen atoms in total. The molecule has 2 rings (SSSR count). The van der Waals surface area contributed by atoms with E-state index < -0.39 is 0 Å². The fourth-order valence-corrected chi connectivity index (χ4v) is 2.17. The molecular formula is C13H16BrN3O. The molecule has 0 fully saturated rings. The minimum atomic E-state index is 0.682. The summed E-state index contributed by atoms with van der Waals surface area (Å²) in [7, 11) is 1.71. The lowest BCUT2D eigenvalue weighted by atomic mass is 10.3. The van der Waals surface area contributed by atoms with Crippen LogP contribution in [0.5, 0.6) is 0 Å². The Morgan fingerprint density at radius 2 is 2.00 bits per heavy atom. The second-order valence-electron chi connectivity index (χ2n) is 3.89. The average Bonchev–Trinajstić information content (AvgIpc) is 2.43. The molecule has 0 unspecified atom stereocenters. The van der Waals surface area contributed by atoms with E-state index in [1.54, 1.807) is 7.11 Å². The van der Waals surface area contributed by atoms with Crippen molar-refractivity contribution in [3.8, 4) is 0 Å². The SMILES string of the molecule is COCCN(CCBr)c1cnc2ccccc2n1. The number of hydrogen-bond donors (Lipinski definition) is 0. The van der Waals surface area contributed by atoms with Crippen LogP contribution in [0.2, 0.25) is 0 Å². The van der Waals surface area contributed by atoms with Crippen molar-refractivity contribution in [3.05, 3.63) is 30.5 Å². The Balaban J connectivity index is 2.25. The molecule has 0 bridgehead atoms. The van der Waals surface area contributed by atoms with Gasteiger partial charge < -0.3 is 9.64 Å². The van der Waals surface area contributed by atoms with Gasteiger partial charge in [-0.05, 0) is 12.1 Å². The van der Waals surface area contributed by atoms with Gasteiger partial charge in [0.2, 0.25) is 0 Å². The van der Waals surface area contributed by atoms with Crippen LogP contribution in [-0.4, -0.2) is 42.1 Å². The Morgan fingerprint density at radius 1 is 1.22 bits per heavy atom. The first-order chi connectivity index (χ1) is 8.85. The number of nitrogens with zero attached hydrogens (tertiary/aromatic N) is 3. The van der Waals surface area contributed by atoms with Crippen LogP contribution in [0, 0.1) is 0 Å². The molecular weight excluding hydrogens is 294 g/mol. The Hall–Kier alpha value is -1.20. The van der Waals surface area contributed by atoms with Gasteiger partial charge in [0.05, 0.1) is 23.8 Å². The van der Waals surface area contributed by atoms with Gasteiger partial charge in [0.25, 0.3) is 0 Å². The van der Waals surface area contributed by atoms with Crippen molar-refractivity contribution < 1.29 is 4.74 Å². The highest BCUT2D eigenvalue weighted by Crippen LogP contribution is 2.15. The zero-order valence-electron chi connectivity index (χ0n) is 10.3. The van der Waals surface area contributed by atoms with Gasteiger partial charge in [0, 0.05) is 25.5 Å². The van der Waals surface area contributed by atoms with Crippen LogP contribution in [0.4, 0.5) is 5.82 Å². The van der Waals surface area contributed by atoms with Crippen LogP contribution in [-0.2, 0) is 4.74 Å². The Labute approximate surface area is 115 Å². The van der Waals surface area contributed by atoms with E-state index in [0.29, 0.717) is 6.61 Å². The van der Waals surface area contributed by atoms with Gasteiger partial charge in [0.1, 0.15) is 5.82 Å². The molecule has 0 saturated carbocycles. The van der Waals surface area contributed by atoms with E-state index in [0.717, 1.165) is 35.3 Å². The molecule has 0 aliphatic heterocycles. The molecule has 0 spiro atoms. The Bertz CT molecular complexity index is 506. The topological polar surface area (TPSA) is 38.2 Å². The van der Waals surface area contributed by atoms with Gasteiger partial charge in [-0.3, -0.25) is 4.98 Å². The summed E-state index contributed by atoms with van der Waals surface area (Å²) in [5, 5.41) is 0.894. The second kappa shape index (κ2) is 6.66. The van der Waals surface area contributed by atoms with Gasteiger partial charge in [-0.2, -0.15) is 0 Å². The number of para-hydroxylation sites is 2. The lowest BCUT2D eigenvalue weighted by Gasteiger charge is -2.22. The van der Waals surface area contributed by atoms with Crippen molar-refractivity contribution in [2.75, 3.05) is 37.0 Å². The van der Waals surface area contributed by atoms with Gasteiger partial charge in [-0.25, -0.2) is 4.98 Å². The molecule has 5 heteroatoms. The molecule has 0 amide bonds. The first-order valence-electron chi connectivity index (χ1n) is 5.87. The first-order valence-corrected chi connectivity index (χ1v) is 6.99.